The standard InChI is InChI=1S/C21H15NO4S2/c23-20-19(9-14-7-15-3-1-2-4-16(15)24-11-14)28-21(27)22(20)10-13-5-6-17-18(8-13)26-12-25-17/h1-9H,10-12H2. The Morgan fingerprint density at radius 1 is 1.07 bits per heavy atom. The molecule has 2 aromatic rings. The average Bonchev–Trinajstić information content (AvgIpc) is 3.28. The zero-order chi connectivity index (χ0) is 19.1. The van der Waals surface area contributed by atoms with Crippen LogP contribution in [0, 0.1) is 0 Å². The van der Waals surface area contributed by atoms with Gasteiger partial charge in [-0.3, -0.25) is 9.69 Å². The van der Waals surface area contributed by atoms with E-state index in [1.54, 1.807) is 4.90 Å². The van der Waals surface area contributed by atoms with Crippen LogP contribution in [0.15, 0.2) is 59.0 Å². The molecular formula is C21H15NO4S2. The highest BCUT2D eigenvalue weighted by atomic mass is 32.2. The maximum atomic E-state index is 12.9. The topological polar surface area (TPSA) is 48.0 Å². The van der Waals surface area contributed by atoms with Gasteiger partial charge in [-0.05, 0) is 41.5 Å². The Morgan fingerprint density at radius 2 is 1.93 bits per heavy atom. The molecule has 0 bridgehead atoms. The third-order valence-electron chi connectivity index (χ3n) is 4.62. The van der Waals surface area contributed by atoms with Gasteiger partial charge in [-0.25, -0.2) is 0 Å². The highest BCUT2D eigenvalue weighted by Crippen LogP contribution is 2.37. The van der Waals surface area contributed by atoms with Gasteiger partial charge in [0.05, 0.1) is 11.4 Å². The summed E-state index contributed by atoms with van der Waals surface area (Å²) in [5.74, 6) is 2.18. The number of nitrogens with zero attached hydrogens (tertiary/aromatic N) is 1. The number of benzene rings is 2. The van der Waals surface area contributed by atoms with E-state index in [0.29, 0.717) is 28.1 Å². The second-order valence-corrected chi connectivity index (χ2v) is 8.18. The molecular weight excluding hydrogens is 394 g/mol. The van der Waals surface area contributed by atoms with Crippen LogP contribution in [0.3, 0.4) is 0 Å². The quantitative estimate of drug-likeness (QED) is 0.561. The molecule has 0 spiro atoms. The molecule has 0 radical (unpaired) electrons. The van der Waals surface area contributed by atoms with Crippen molar-refractivity contribution in [1.29, 1.82) is 0 Å². The summed E-state index contributed by atoms with van der Waals surface area (Å²) < 4.78 is 17.1. The molecule has 1 saturated heterocycles. The van der Waals surface area contributed by atoms with Crippen LogP contribution in [0.25, 0.3) is 6.08 Å². The van der Waals surface area contributed by atoms with Gasteiger partial charge in [0.2, 0.25) is 6.79 Å². The lowest BCUT2D eigenvalue weighted by Gasteiger charge is -2.16. The number of hydrogen-bond acceptors (Lipinski definition) is 6. The van der Waals surface area contributed by atoms with Gasteiger partial charge in [0.15, 0.2) is 11.5 Å². The number of rotatable bonds is 3. The van der Waals surface area contributed by atoms with Crippen molar-refractivity contribution >= 4 is 40.3 Å². The normalized spacial score (nSPS) is 18.9. The number of amides is 1. The van der Waals surface area contributed by atoms with Gasteiger partial charge < -0.3 is 14.2 Å². The Bertz CT molecular complexity index is 1060. The van der Waals surface area contributed by atoms with Gasteiger partial charge in [-0.15, -0.1) is 0 Å². The minimum absolute atomic E-state index is 0.0903. The van der Waals surface area contributed by atoms with Crippen molar-refractivity contribution in [1.82, 2.24) is 4.90 Å². The van der Waals surface area contributed by atoms with Crippen LogP contribution in [-0.2, 0) is 11.3 Å². The summed E-state index contributed by atoms with van der Waals surface area (Å²) in [4.78, 5) is 15.1. The van der Waals surface area contributed by atoms with E-state index in [9.17, 15) is 4.79 Å². The van der Waals surface area contributed by atoms with Gasteiger partial charge >= 0.3 is 0 Å². The molecule has 28 heavy (non-hydrogen) atoms. The molecule has 140 valence electrons. The minimum Gasteiger partial charge on any atom is -0.488 e. The Balaban J connectivity index is 1.36. The predicted molar refractivity (Wildman–Crippen MR) is 111 cm³/mol. The van der Waals surface area contributed by atoms with Gasteiger partial charge in [-0.1, -0.05) is 48.2 Å². The van der Waals surface area contributed by atoms with Crippen molar-refractivity contribution in [2.45, 2.75) is 6.54 Å². The molecule has 0 unspecified atom stereocenters. The van der Waals surface area contributed by atoms with Crippen molar-refractivity contribution in [3.63, 3.8) is 0 Å². The van der Waals surface area contributed by atoms with E-state index in [0.717, 1.165) is 28.2 Å². The average molecular weight is 409 g/mol. The van der Waals surface area contributed by atoms with E-state index >= 15 is 0 Å². The third-order valence-corrected chi connectivity index (χ3v) is 6.00. The first-order valence-corrected chi connectivity index (χ1v) is 9.96. The van der Waals surface area contributed by atoms with Gasteiger partial charge in [-0.2, -0.15) is 0 Å². The van der Waals surface area contributed by atoms with E-state index in [-0.39, 0.29) is 12.7 Å². The van der Waals surface area contributed by atoms with E-state index in [2.05, 4.69) is 0 Å². The fourth-order valence-corrected chi connectivity index (χ4v) is 4.51. The zero-order valence-corrected chi connectivity index (χ0v) is 16.3. The van der Waals surface area contributed by atoms with Crippen molar-refractivity contribution in [2.24, 2.45) is 0 Å². The first-order valence-electron chi connectivity index (χ1n) is 8.74. The van der Waals surface area contributed by atoms with Crippen molar-refractivity contribution < 1.29 is 19.0 Å². The SMILES string of the molecule is O=C1C(=CC2=Cc3ccccc3OC2)SC(=S)N1Cc1ccc2c(c1)OCO2. The molecule has 7 heteroatoms. The van der Waals surface area contributed by atoms with E-state index in [1.165, 1.54) is 11.8 Å². The van der Waals surface area contributed by atoms with Crippen molar-refractivity contribution in [3.05, 3.63) is 70.1 Å². The summed E-state index contributed by atoms with van der Waals surface area (Å²) in [5.41, 5.74) is 2.90. The van der Waals surface area contributed by atoms with Gasteiger partial charge in [0.25, 0.3) is 5.91 Å². The number of carbonyl (C=O) groups is 1. The largest absolute Gasteiger partial charge is 0.488 e. The van der Waals surface area contributed by atoms with Gasteiger partial charge in [0.1, 0.15) is 16.7 Å². The van der Waals surface area contributed by atoms with Crippen LogP contribution in [0.1, 0.15) is 11.1 Å². The molecule has 5 rings (SSSR count). The molecule has 0 aliphatic carbocycles. The van der Waals surface area contributed by atoms with E-state index in [4.69, 9.17) is 26.4 Å². The summed E-state index contributed by atoms with van der Waals surface area (Å²) in [5, 5.41) is 0. The number of fused-ring (bicyclic) bond motifs is 2. The Hall–Kier alpha value is -2.77. The van der Waals surface area contributed by atoms with E-state index < -0.39 is 0 Å². The lowest BCUT2D eigenvalue weighted by molar-refractivity contribution is -0.122. The number of ether oxygens (including phenoxy) is 3. The molecule has 5 nitrogen and oxygen atoms in total. The number of para-hydroxylation sites is 1. The molecule has 1 fully saturated rings. The molecule has 0 aromatic heterocycles. The van der Waals surface area contributed by atoms with Crippen LogP contribution in [0.2, 0.25) is 0 Å². The first kappa shape index (κ1) is 17.3. The fraction of sp³-hybridized carbons (Fsp3) is 0.143. The van der Waals surface area contributed by atoms with Gasteiger partial charge in [0, 0.05) is 5.56 Å². The molecule has 2 aromatic carbocycles. The maximum absolute atomic E-state index is 12.9. The smallest absolute Gasteiger partial charge is 0.266 e. The molecule has 0 N–H and O–H groups in total. The summed E-state index contributed by atoms with van der Waals surface area (Å²) in [7, 11) is 0. The second-order valence-electron chi connectivity index (χ2n) is 6.50. The second kappa shape index (κ2) is 7.00. The summed E-state index contributed by atoms with van der Waals surface area (Å²) >= 11 is 6.76. The monoisotopic (exact) mass is 409 g/mol. The highest BCUT2D eigenvalue weighted by molar-refractivity contribution is 8.26. The number of thiocarbonyl (C=S) groups is 1. The first-order chi connectivity index (χ1) is 13.7. The van der Waals surface area contributed by atoms with Crippen LogP contribution >= 0.6 is 24.0 Å². The van der Waals surface area contributed by atoms with Crippen molar-refractivity contribution in [2.75, 3.05) is 13.4 Å². The van der Waals surface area contributed by atoms with E-state index in [1.807, 2.05) is 54.6 Å². The molecule has 0 atom stereocenters. The highest BCUT2D eigenvalue weighted by Gasteiger charge is 2.32. The summed E-state index contributed by atoms with van der Waals surface area (Å²) in [6.45, 7) is 1.06. The minimum atomic E-state index is -0.0903. The molecule has 3 aliphatic rings. The molecule has 3 heterocycles. The van der Waals surface area contributed by atoms with Crippen LogP contribution in [0.4, 0.5) is 0 Å². The zero-order valence-electron chi connectivity index (χ0n) is 14.7. The maximum Gasteiger partial charge on any atom is 0.266 e. The number of hydrogen-bond donors (Lipinski definition) is 0. The third kappa shape index (κ3) is 3.16. The Labute approximate surface area is 171 Å². The van der Waals surface area contributed by atoms with Crippen LogP contribution in [0.5, 0.6) is 17.2 Å². The summed E-state index contributed by atoms with van der Waals surface area (Å²) in [6, 6.07) is 13.5. The number of thioether (sulfide) groups is 1. The molecule has 0 saturated carbocycles. The van der Waals surface area contributed by atoms with Crippen LogP contribution < -0.4 is 14.2 Å². The Kier molecular flexibility index (Phi) is 4.33. The van der Waals surface area contributed by atoms with Crippen LogP contribution in [-0.4, -0.2) is 28.5 Å². The predicted octanol–water partition coefficient (Wildman–Crippen LogP) is 4.14. The fourth-order valence-electron chi connectivity index (χ4n) is 3.24. The number of carbonyl (C=O) groups excluding carboxylic acids is 1. The lowest BCUT2D eigenvalue weighted by atomic mass is 10.1. The Morgan fingerprint density at radius 3 is 2.86 bits per heavy atom. The van der Waals surface area contributed by atoms with Crippen molar-refractivity contribution in [3.8, 4) is 17.2 Å². The molecule has 3 aliphatic heterocycles. The molecule has 1 amide bonds. The lowest BCUT2D eigenvalue weighted by Crippen LogP contribution is -2.27. The summed E-state index contributed by atoms with van der Waals surface area (Å²) in [6.07, 6.45) is 3.91.